The molecule has 0 N–H and O–H groups in total. The molecule has 23 heavy (non-hydrogen) atoms. The van der Waals surface area contributed by atoms with Crippen LogP contribution in [0.5, 0.6) is 0 Å². The van der Waals surface area contributed by atoms with Gasteiger partial charge in [-0.3, -0.25) is 0 Å². The van der Waals surface area contributed by atoms with E-state index in [2.05, 4.69) is 9.88 Å². The number of hydrogen-bond acceptors (Lipinski definition) is 5. The number of anilines is 1. The lowest BCUT2D eigenvalue weighted by Crippen LogP contribution is -2.49. The second-order valence-electron chi connectivity index (χ2n) is 5.54. The van der Waals surface area contributed by atoms with Gasteiger partial charge in [0.05, 0.1) is 11.4 Å². The van der Waals surface area contributed by atoms with E-state index in [1.54, 1.807) is 11.3 Å². The van der Waals surface area contributed by atoms with Gasteiger partial charge < -0.3 is 4.90 Å². The molecule has 0 aliphatic carbocycles. The van der Waals surface area contributed by atoms with Crippen LogP contribution in [0.1, 0.15) is 11.3 Å². The molecule has 1 aromatic heterocycles. The Hall–Kier alpha value is -1.51. The van der Waals surface area contributed by atoms with E-state index in [1.807, 2.05) is 12.3 Å². The Balaban J connectivity index is 1.63. The highest BCUT2D eigenvalue weighted by atomic mass is 32.2. The minimum Gasteiger partial charge on any atom is -0.345 e. The average molecular weight is 355 g/mol. The van der Waals surface area contributed by atoms with E-state index in [1.165, 1.54) is 28.6 Å². The molecule has 1 aliphatic rings. The fraction of sp³-hybridized carbons (Fsp3) is 0.400. The molecule has 8 heteroatoms. The van der Waals surface area contributed by atoms with E-state index in [0.29, 0.717) is 31.7 Å². The lowest BCUT2D eigenvalue weighted by Gasteiger charge is -2.33. The maximum Gasteiger partial charge on any atom is 0.218 e. The van der Waals surface area contributed by atoms with Crippen LogP contribution in [0.4, 0.5) is 9.52 Å². The lowest BCUT2D eigenvalue weighted by atomic mass is 10.2. The lowest BCUT2D eigenvalue weighted by molar-refractivity contribution is 0.384. The van der Waals surface area contributed by atoms with Crippen LogP contribution >= 0.6 is 11.3 Å². The van der Waals surface area contributed by atoms with Crippen molar-refractivity contribution in [3.8, 4) is 0 Å². The van der Waals surface area contributed by atoms with Crippen molar-refractivity contribution >= 4 is 26.5 Å². The zero-order valence-electron chi connectivity index (χ0n) is 12.8. The second-order valence-corrected chi connectivity index (χ2v) is 8.35. The Morgan fingerprint density at radius 1 is 1.17 bits per heavy atom. The molecule has 1 aliphatic heterocycles. The van der Waals surface area contributed by atoms with Crippen molar-refractivity contribution in [3.05, 3.63) is 46.7 Å². The monoisotopic (exact) mass is 355 g/mol. The fourth-order valence-corrected chi connectivity index (χ4v) is 4.90. The van der Waals surface area contributed by atoms with Crippen molar-refractivity contribution in [3.63, 3.8) is 0 Å². The molecule has 0 radical (unpaired) electrons. The Labute approximate surface area is 139 Å². The number of aromatic nitrogens is 1. The zero-order chi connectivity index (χ0) is 16.4. The van der Waals surface area contributed by atoms with Gasteiger partial charge in [-0.1, -0.05) is 12.1 Å². The minimum atomic E-state index is -3.38. The van der Waals surface area contributed by atoms with Gasteiger partial charge in [-0.2, -0.15) is 4.31 Å². The van der Waals surface area contributed by atoms with Crippen molar-refractivity contribution in [2.75, 3.05) is 31.1 Å². The van der Waals surface area contributed by atoms with Crippen LogP contribution in [0.2, 0.25) is 0 Å². The third-order valence-electron chi connectivity index (χ3n) is 3.77. The number of rotatable bonds is 4. The van der Waals surface area contributed by atoms with Gasteiger partial charge in [0.25, 0.3) is 0 Å². The average Bonchev–Trinajstić information content (AvgIpc) is 2.96. The van der Waals surface area contributed by atoms with Crippen molar-refractivity contribution in [1.29, 1.82) is 0 Å². The summed E-state index contributed by atoms with van der Waals surface area (Å²) in [7, 11) is -3.38. The minimum absolute atomic E-state index is 0.0936. The van der Waals surface area contributed by atoms with Crippen molar-refractivity contribution in [2.45, 2.75) is 12.7 Å². The Morgan fingerprint density at radius 3 is 2.39 bits per heavy atom. The van der Waals surface area contributed by atoms with Gasteiger partial charge >= 0.3 is 0 Å². The third-order valence-corrected chi connectivity index (χ3v) is 6.64. The topological polar surface area (TPSA) is 53.5 Å². The highest BCUT2D eigenvalue weighted by Crippen LogP contribution is 2.22. The Morgan fingerprint density at radius 2 is 1.83 bits per heavy atom. The predicted octanol–water partition coefficient (Wildman–Crippen LogP) is 2.24. The van der Waals surface area contributed by atoms with Crippen LogP contribution < -0.4 is 4.90 Å². The summed E-state index contributed by atoms with van der Waals surface area (Å²) in [5, 5.41) is 2.94. The SMILES string of the molecule is Cc1csc(N2CCN(S(=O)(=O)Cc3ccc(F)cc3)CC2)n1. The summed E-state index contributed by atoms with van der Waals surface area (Å²) < 4.78 is 39.4. The molecule has 2 heterocycles. The molecule has 1 aromatic carbocycles. The molecule has 0 atom stereocenters. The number of nitrogens with zero attached hydrogens (tertiary/aromatic N) is 3. The smallest absolute Gasteiger partial charge is 0.218 e. The molecule has 124 valence electrons. The molecule has 0 saturated carbocycles. The summed E-state index contributed by atoms with van der Waals surface area (Å²) >= 11 is 1.58. The van der Waals surface area contributed by atoms with Gasteiger partial charge in [0.1, 0.15) is 5.82 Å². The first-order valence-corrected chi connectivity index (χ1v) is 9.82. The largest absolute Gasteiger partial charge is 0.345 e. The molecule has 1 saturated heterocycles. The zero-order valence-corrected chi connectivity index (χ0v) is 14.4. The number of halogens is 1. The van der Waals surface area contributed by atoms with E-state index in [-0.39, 0.29) is 11.6 Å². The number of sulfonamides is 1. The standard InChI is InChI=1S/C15H18FN3O2S2/c1-12-10-22-15(17-12)18-6-8-19(9-7-18)23(20,21)11-13-2-4-14(16)5-3-13/h2-5,10H,6-9,11H2,1H3. The number of piperazine rings is 1. The molecule has 0 bridgehead atoms. The van der Waals surface area contributed by atoms with Gasteiger partial charge in [-0.15, -0.1) is 11.3 Å². The number of thiazole rings is 1. The van der Waals surface area contributed by atoms with E-state index in [9.17, 15) is 12.8 Å². The highest BCUT2D eigenvalue weighted by molar-refractivity contribution is 7.88. The van der Waals surface area contributed by atoms with E-state index < -0.39 is 10.0 Å². The first-order chi connectivity index (χ1) is 10.9. The van der Waals surface area contributed by atoms with Gasteiger partial charge in [-0.05, 0) is 24.6 Å². The van der Waals surface area contributed by atoms with Gasteiger partial charge in [0.15, 0.2) is 5.13 Å². The van der Waals surface area contributed by atoms with E-state index in [4.69, 9.17) is 0 Å². The quantitative estimate of drug-likeness (QED) is 0.844. The molecule has 2 aromatic rings. The number of aryl methyl sites for hydroxylation is 1. The van der Waals surface area contributed by atoms with Crippen LogP contribution in [0.25, 0.3) is 0 Å². The molecule has 0 unspecified atom stereocenters. The van der Waals surface area contributed by atoms with Gasteiger partial charge in [0, 0.05) is 31.6 Å². The van der Waals surface area contributed by atoms with Crippen LogP contribution in [-0.2, 0) is 15.8 Å². The molecule has 0 amide bonds. The van der Waals surface area contributed by atoms with Crippen LogP contribution in [0.15, 0.2) is 29.6 Å². The molecular weight excluding hydrogens is 337 g/mol. The normalized spacial score (nSPS) is 16.7. The maximum absolute atomic E-state index is 12.9. The molecule has 3 rings (SSSR count). The second kappa shape index (κ2) is 6.54. The summed E-state index contributed by atoms with van der Waals surface area (Å²) in [6.07, 6.45) is 0. The first kappa shape index (κ1) is 16.4. The maximum atomic E-state index is 12.9. The van der Waals surface area contributed by atoms with Crippen LogP contribution in [-0.4, -0.2) is 43.9 Å². The summed E-state index contributed by atoms with van der Waals surface area (Å²) in [5.74, 6) is -0.456. The van der Waals surface area contributed by atoms with Crippen molar-refractivity contribution < 1.29 is 12.8 Å². The molecule has 0 spiro atoms. The molecular formula is C15H18FN3O2S2. The first-order valence-electron chi connectivity index (χ1n) is 7.33. The number of benzene rings is 1. The summed E-state index contributed by atoms with van der Waals surface area (Å²) in [6.45, 7) is 4.11. The fourth-order valence-electron chi connectivity index (χ4n) is 2.53. The Bertz CT molecular complexity index is 766. The van der Waals surface area contributed by atoms with Crippen LogP contribution in [0, 0.1) is 12.7 Å². The van der Waals surface area contributed by atoms with Crippen molar-refractivity contribution in [2.24, 2.45) is 0 Å². The third kappa shape index (κ3) is 3.88. The molecule has 5 nitrogen and oxygen atoms in total. The van der Waals surface area contributed by atoms with Crippen molar-refractivity contribution in [1.82, 2.24) is 9.29 Å². The Kier molecular flexibility index (Phi) is 4.65. The highest BCUT2D eigenvalue weighted by Gasteiger charge is 2.28. The summed E-state index contributed by atoms with van der Waals surface area (Å²) in [6, 6.07) is 5.60. The number of hydrogen-bond donors (Lipinski definition) is 0. The van der Waals surface area contributed by atoms with Gasteiger partial charge in [0.2, 0.25) is 10.0 Å². The van der Waals surface area contributed by atoms with E-state index in [0.717, 1.165) is 10.8 Å². The summed E-state index contributed by atoms with van der Waals surface area (Å²) in [5.41, 5.74) is 1.58. The van der Waals surface area contributed by atoms with Crippen LogP contribution in [0.3, 0.4) is 0 Å². The predicted molar refractivity (Wildman–Crippen MR) is 89.7 cm³/mol. The van der Waals surface area contributed by atoms with E-state index >= 15 is 0 Å². The molecule has 1 fully saturated rings. The summed E-state index contributed by atoms with van der Waals surface area (Å²) in [4.78, 5) is 6.55. The van der Waals surface area contributed by atoms with Gasteiger partial charge in [-0.25, -0.2) is 17.8 Å².